The molecule has 0 aromatic carbocycles. The van der Waals surface area contributed by atoms with Crippen molar-refractivity contribution in [1.82, 2.24) is 15.1 Å². The molecule has 6 nitrogen and oxygen atoms in total. The third-order valence-corrected chi connectivity index (χ3v) is 4.13. The van der Waals surface area contributed by atoms with E-state index >= 15 is 0 Å². The standard InChI is InChI=1S/C13H18ClN5O/c1-15-13(16-12-3-2-11(14)17-18-12)20-10-8-19-6-4-9(10)5-7-19/h2-3,9-10H,4-8H2,1H3,(H,15,16,18). The van der Waals surface area contributed by atoms with Crippen molar-refractivity contribution in [1.29, 1.82) is 0 Å². The molecule has 4 heterocycles. The van der Waals surface area contributed by atoms with Gasteiger partial charge in [-0.25, -0.2) is 4.99 Å². The van der Waals surface area contributed by atoms with Gasteiger partial charge < -0.3 is 4.74 Å². The summed E-state index contributed by atoms with van der Waals surface area (Å²) in [7, 11) is 1.70. The molecule has 4 rings (SSSR count). The van der Waals surface area contributed by atoms with E-state index in [1.807, 2.05) is 0 Å². The Morgan fingerprint density at radius 2 is 2.20 bits per heavy atom. The minimum atomic E-state index is 0.212. The van der Waals surface area contributed by atoms with Gasteiger partial charge in [-0.15, -0.1) is 10.2 Å². The predicted molar refractivity (Wildman–Crippen MR) is 78.1 cm³/mol. The van der Waals surface area contributed by atoms with Gasteiger partial charge in [0.05, 0.1) is 0 Å². The minimum Gasteiger partial charge on any atom is -0.460 e. The molecule has 1 unspecified atom stereocenters. The molecule has 1 aromatic heterocycles. The molecule has 108 valence electrons. The van der Waals surface area contributed by atoms with Gasteiger partial charge in [-0.1, -0.05) is 11.6 Å². The summed E-state index contributed by atoms with van der Waals surface area (Å²) < 4.78 is 6.01. The number of amidine groups is 1. The van der Waals surface area contributed by atoms with Crippen LogP contribution in [-0.4, -0.2) is 53.9 Å². The van der Waals surface area contributed by atoms with Gasteiger partial charge in [0, 0.05) is 13.6 Å². The van der Waals surface area contributed by atoms with Crippen molar-refractivity contribution < 1.29 is 4.74 Å². The highest BCUT2D eigenvalue weighted by Gasteiger charge is 2.36. The summed E-state index contributed by atoms with van der Waals surface area (Å²) in [6, 6.07) is 3.92. The number of piperidine rings is 3. The highest BCUT2D eigenvalue weighted by Crippen LogP contribution is 2.29. The number of nitrogens with one attached hydrogen (secondary N) is 1. The molecule has 3 fully saturated rings. The molecule has 7 heteroatoms. The number of fused-ring (bicyclic) bond motifs is 3. The van der Waals surface area contributed by atoms with Crippen molar-refractivity contribution in [2.24, 2.45) is 10.9 Å². The molecule has 0 spiro atoms. The van der Waals surface area contributed by atoms with Crippen molar-refractivity contribution >= 4 is 23.4 Å². The van der Waals surface area contributed by atoms with Gasteiger partial charge >= 0.3 is 0 Å². The summed E-state index contributed by atoms with van der Waals surface area (Å²) in [6.45, 7) is 3.37. The van der Waals surface area contributed by atoms with Crippen LogP contribution in [0.15, 0.2) is 17.1 Å². The summed E-state index contributed by atoms with van der Waals surface area (Å²) >= 11 is 5.71. The Bertz CT molecular complexity index is 484. The van der Waals surface area contributed by atoms with Crippen LogP contribution < -0.4 is 5.32 Å². The van der Waals surface area contributed by atoms with Gasteiger partial charge in [0.15, 0.2) is 11.0 Å². The quantitative estimate of drug-likeness (QED) is 0.664. The lowest BCUT2D eigenvalue weighted by molar-refractivity contribution is -0.0146. The average Bonchev–Trinajstić information content (AvgIpc) is 2.50. The summed E-state index contributed by atoms with van der Waals surface area (Å²) in [5.41, 5.74) is 0. The molecule has 0 amide bonds. The fourth-order valence-corrected chi connectivity index (χ4v) is 2.92. The van der Waals surface area contributed by atoms with Gasteiger partial charge in [0.2, 0.25) is 0 Å². The molecule has 1 atom stereocenters. The lowest BCUT2D eigenvalue weighted by atomic mass is 9.86. The van der Waals surface area contributed by atoms with Gasteiger partial charge in [-0.2, -0.15) is 0 Å². The number of hydrogen-bond donors (Lipinski definition) is 1. The van der Waals surface area contributed by atoms with E-state index in [2.05, 4.69) is 25.4 Å². The Balaban J connectivity index is 1.61. The molecule has 3 aliphatic rings. The molecular formula is C13H18ClN5O. The van der Waals surface area contributed by atoms with Gasteiger partial charge in [-0.05, 0) is 44.0 Å². The SMILES string of the molecule is CN=C(Nc1ccc(Cl)nn1)OC1CN2CCC1CC2. The zero-order valence-electron chi connectivity index (χ0n) is 11.4. The molecule has 20 heavy (non-hydrogen) atoms. The van der Waals surface area contributed by atoms with Crippen molar-refractivity contribution in [3.05, 3.63) is 17.3 Å². The van der Waals surface area contributed by atoms with Crippen LogP contribution in [0.2, 0.25) is 5.15 Å². The summed E-state index contributed by atoms with van der Waals surface area (Å²) in [6.07, 6.45) is 2.63. The fraction of sp³-hybridized carbons (Fsp3) is 0.615. The number of ether oxygens (including phenoxy) is 1. The van der Waals surface area contributed by atoms with Crippen molar-refractivity contribution in [2.45, 2.75) is 18.9 Å². The largest absolute Gasteiger partial charge is 0.460 e. The van der Waals surface area contributed by atoms with Crippen LogP contribution in [0.5, 0.6) is 0 Å². The van der Waals surface area contributed by atoms with Crippen LogP contribution in [0.1, 0.15) is 12.8 Å². The zero-order valence-corrected chi connectivity index (χ0v) is 12.2. The van der Waals surface area contributed by atoms with Crippen LogP contribution in [0.3, 0.4) is 0 Å². The van der Waals surface area contributed by atoms with E-state index in [9.17, 15) is 0 Å². The van der Waals surface area contributed by atoms with E-state index in [0.29, 0.717) is 22.9 Å². The molecule has 3 saturated heterocycles. The normalized spacial score (nSPS) is 29.3. The topological polar surface area (TPSA) is 62.6 Å². The first-order valence-electron chi connectivity index (χ1n) is 6.86. The maximum Gasteiger partial charge on any atom is 0.290 e. The number of aromatic nitrogens is 2. The number of anilines is 1. The Hall–Kier alpha value is -1.40. The zero-order chi connectivity index (χ0) is 13.9. The molecule has 1 aromatic rings. The second-order valence-electron chi connectivity index (χ2n) is 5.19. The van der Waals surface area contributed by atoms with E-state index in [-0.39, 0.29) is 6.10 Å². The maximum atomic E-state index is 6.01. The first kappa shape index (κ1) is 13.6. The third-order valence-electron chi connectivity index (χ3n) is 3.93. The smallest absolute Gasteiger partial charge is 0.290 e. The van der Waals surface area contributed by atoms with Gasteiger partial charge in [-0.3, -0.25) is 10.2 Å². The van der Waals surface area contributed by atoms with Crippen molar-refractivity contribution in [3.8, 4) is 0 Å². The average molecular weight is 296 g/mol. The molecule has 2 bridgehead atoms. The number of hydrogen-bond acceptors (Lipinski definition) is 5. The highest BCUT2D eigenvalue weighted by atomic mass is 35.5. The Labute approximate surface area is 123 Å². The molecule has 0 saturated carbocycles. The number of aliphatic imine (C=N–C) groups is 1. The van der Waals surface area contributed by atoms with E-state index in [4.69, 9.17) is 16.3 Å². The van der Waals surface area contributed by atoms with Crippen LogP contribution in [0.25, 0.3) is 0 Å². The van der Waals surface area contributed by atoms with E-state index in [1.54, 1.807) is 19.2 Å². The van der Waals surface area contributed by atoms with E-state index < -0.39 is 0 Å². The third kappa shape index (κ3) is 3.02. The second kappa shape index (κ2) is 5.93. The predicted octanol–water partition coefficient (Wildman–Crippen LogP) is 1.64. The van der Waals surface area contributed by atoms with Crippen molar-refractivity contribution in [3.63, 3.8) is 0 Å². The minimum absolute atomic E-state index is 0.212. The van der Waals surface area contributed by atoms with Crippen LogP contribution >= 0.6 is 11.6 Å². The van der Waals surface area contributed by atoms with Crippen molar-refractivity contribution in [2.75, 3.05) is 32.0 Å². The highest BCUT2D eigenvalue weighted by molar-refractivity contribution is 6.29. The lowest BCUT2D eigenvalue weighted by Gasteiger charge is -2.44. The molecule has 0 radical (unpaired) electrons. The summed E-state index contributed by atoms with van der Waals surface area (Å²) in [5.74, 6) is 1.21. The van der Waals surface area contributed by atoms with Gasteiger partial charge in [0.1, 0.15) is 6.10 Å². The van der Waals surface area contributed by atoms with Crippen LogP contribution in [0, 0.1) is 5.92 Å². The fourth-order valence-electron chi connectivity index (χ4n) is 2.82. The Morgan fingerprint density at radius 1 is 1.40 bits per heavy atom. The molecule has 3 aliphatic heterocycles. The first-order chi connectivity index (χ1) is 9.74. The number of halogens is 1. The molecule has 0 aliphatic carbocycles. The van der Waals surface area contributed by atoms with Crippen LogP contribution in [0.4, 0.5) is 5.82 Å². The van der Waals surface area contributed by atoms with Crippen LogP contribution in [-0.2, 0) is 4.74 Å². The second-order valence-corrected chi connectivity index (χ2v) is 5.58. The number of nitrogens with zero attached hydrogens (tertiary/aromatic N) is 4. The lowest BCUT2D eigenvalue weighted by Crippen LogP contribution is -2.52. The Morgan fingerprint density at radius 3 is 2.75 bits per heavy atom. The first-order valence-corrected chi connectivity index (χ1v) is 7.24. The van der Waals surface area contributed by atoms with E-state index in [1.165, 1.54) is 25.9 Å². The Kier molecular flexibility index (Phi) is 4.03. The van der Waals surface area contributed by atoms with E-state index in [0.717, 1.165) is 6.54 Å². The summed E-state index contributed by atoms with van der Waals surface area (Å²) in [4.78, 5) is 6.59. The van der Waals surface area contributed by atoms with Gasteiger partial charge in [0.25, 0.3) is 6.02 Å². The maximum absolute atomic E-state index is 6.01. The molecule has 1 N–H and O–H groups in total. The summed E-state index contributed by atoms with van der Waals surface area (Å²) in [5, 5.41) is 11.1. The number of rotatable bonds is 2. The monoisotopic (exact) mass is 295 g/mol. The molecular weight excluding hydrogens is 278 g/mol.